The van der Waals surface area contributed by atoms with E-state index in [2.05, 4.69) is 128 Å². The second-order valence-corrected chi connectivity index (χ2v) is 9.89. The van der Waals surface area contributed by atoms with Crippen LogP contribution >= 0.6 is 0 Å². The Balaban J connectivity index is 1.50. The van der Waals surface area contributed by atoms with Gasteiger partial charge in [-0.2, -0.15) is 0 Å². The van der Waals surface area contributed by atoms with Gasteiger partial charge in [-0.15, -0.1) is 0 Å². The first-order chi connectivity index (χ1) is 19.4. The van der Waals surface area contributed by atoms with Crippen LogP contribution in [0.1, 0.15) is 0 Å². The lowest BCUT2D eigenvalue weighted by Crippen LogP contribution is -1.99. The van der Waals surface area contributed by atoms with Crippen molar-refractivity contribution in [1.82, 2.24) is 19.1 Å². The lowest BCUT2D eigenvalue weighted by Gasteiger charge is -2.13. The Bertz CT molecular complexity index is 2300. The summed E-state index contributed by atoms with van der Waals surface area (Å²) in [6, 6.07) is 38.7. The molecule has 0 atom stereocenters. The molecule has 0 aliphatic rings. The Morgan fingerprint density at radius 3 is 1.54 bits per heavy atom. The van der Waals surface area contributed by atoms with Crippen LogP contribution in [0, 0.1) is 0 Å². The minimum Gasteiger partial charge on any atom is -0.434 e. The third kappa shape index (κ3) is 2.73. The van der Waals surface area contributed by atoms with Crippen LogP contribution in [-0.4, -0.2) is 19.1 Å². The number of aromatic nitrogens is 4. The summed E-state index contributed by atoms with van der Waals surface area (Å²) in [6.45, 7) is 0. The van der Waals surface area contributed by atoms with Gasteiger partial charge in [-0.05, 0) is 36.4 Å². The van der Waals surface area contributed by atoms with E-state index in [9.17, 15) is 0 Å². The number of nitrogens with zero attached hydrogens (tertiary/aromatic N) is 4. The van der Waals surface area contributed by atoms with E-state index in [1.54, 1.807) is 12.4 Å². The predicted octanol–water partition coefficient (Wildman–Crippen LogP) is 8.57. The highest BCUT2D eigenvalue weighted by atomic mass is 16.3. The average molecular weight is 501 g/mol. The van der Waals surface area contributed by atoms with Gasteiger partial charge in [0.25, 0.3) is 0 Å². The molecule has 0 fully saturated rings. The van der Waals surface area contributed by atoms with E-state index in [1.807, 2.05) is 0 Å². The van der Waals surface area contributed by atoms with Crippen LogP contribution in [0.3, 0.4) is 0 Å². The molecule has 5 aromatic carbocycles. The summed E-state index contributed by atoms with van der Waals surface area (Å²) in [5, 5.41) is 5.80. The van der Waals surface area contributed by atoms with Gasteiger partial charge in [0.1, 0.15) is 5.52 Å². The van der Waals surface area contributed by atoms with Crippen LogP contribution in [0.4, 0.5) is 0 Å². The molecule has 0 saturated carbocycles. The van der Waals surface area contributed by atoms with E-state index in [1.165, 1.54) is 21.5 Å². The van der Waals surface area contributed by atoms with Crippen molar-refractivity contribution in [3.8, 4) is 11.4 Å². The second kappa shape index (κ2) is 7.55. The third-order valence-electron chi connectivity index (χ3n) is 7.83. The van der Waals surface area contributed by atoms with E-state index < -0.39 is 0 Å². The highest BCUT2D eigenvalue weighted by Crippen LogP contribution is 2.40. The minimum absolute atomic E-state index is 0.536. The van der Waals surface area contributed by atoms with E-state index in [0.29, 0.717) is 5.71 Å². The lowest BCUT2D eigenvalue weighted by atomic mass is 10.1. The monoisotopic (exact) mass is 500 g/mol. The summed E-state index contributed by atoms with van der Waals surface area (Å²) >= 11 is 0. The van der Waals surface area contributed by atoms with Gasteiger partial charge in [-0.3, -0.25) is 0 Å². The van der Waals surface area contributed by atoms with Gasteiger partial charge in [0.2, 0.25) is 5.71 Å². The molecule has 0 saturated heterocycles. The van der Waals surface area contributed by atoms with Gasteiger partial charge in [0.15, 0.2) is 5.58 Å². The van der Waals surface area contributed by atoms with Crippen molar-refractivity contribution in [2.24, 2.45) is 0 Å². The second-order valence-electron chi connectivity index (χ2n) is 9.89. The summed E-state index contributed by atoms with van der Waals surface area (Å²) in [5.41, 5.74) is 8.64. The summed E-state index contributed by atoms with van der Waals surface area (Å²) < 4.78 is 11.1. The first-order valence-electron chi connectivity index (χ1n) is 13.0. The molecule has 0 aliphatic carbocycles. The van der Waals surface area contributed by atoms with Gasteiger partial charge in [-0.1, -0.05) is 72.8 Å². The zero-order valence-electron chi connectivity index (χ0n) is 20.7. The summed E-state index contributed by atoms with van der Waals surface area (Å²) in [4.78, 5) is 9.20. The molecule has 0 amide bonds. The summed E-state index contributed by atoms with van der Waals surface area (Å²) in [5.74, 6) is 0. The van der Waals surface area contributed by atoms with Gasteiger partial charge >= 0.3 is 0 Å². The highest BCUT2D eigenvalue weighted by molar-refractivity contribution is 6.13. The van der Waals surface area contributed by atoms with Crippen molar-refractivity contribution in [2.75, 3.05) is 0 Å². The number of furan rings is 1. The Kier molecular flexibility index (Phi) is 3.99. The van der Waals surface area contributed by atoms with Crippen LogP contribution in [0.25, 0.3) is 77.2 Å². The predicted molar refractivity (Wildman–Crippen MR) is 158 cm³/mol. The van der Waals surface area contributed by atoms with Crippen LogP contribution in [0.2, 0.25) is 0 Å². The average Bonchev–Trinajstić information content (AvgIpc) is 3.65. The Morgan fingerprint density at radius 2 is 0.974 bits per heavy atom. The fourth-order valence-corrected chi connectivity index (χ4v) is 6.24. The third-order valence-corrected chi connectivity index (χ3v) is 7.83. The molecule has 4 heterocycles. The largest absolute Gasteiger partial charge is 0.434 e. The van der Waals surface area contributed by atoms with E-state index >= 15 is 0 Å². The smallest absolute Gasteiger partial charge is 0.246 e. The molecule has 9 aromatic rings. The number of hydrogen-bond donors (Lipinski definition) is 0. The molecular weight excluding hydrogens is 480 g/mol. The number of hydrogen-bond acceptors (Lipinski definition) is 3. The number of para-hydroxylation sites is 4. The van der Waals surface area contributed by atoms with Gasteiger partial charge in [-0.25, -0.2) is 9.97 Å². The fraction of sp³-hybridized carbons (Fsp3) is 0. The molecule has 0 bridgehead atoms. The van der Waals surface area contributed by atoms with Crippen molar-refractivity contribution in [2.45, 2.75) is 0 Å². The SMILES string of the molecule is c1ccc2c(c1)c1ccccc1n2-c1cc(-n2c3ccccc3c3ccccc32)c2oc3nccnc3c2c1. The molecule has 0 aliphatic heterocycles. The Morgan fingerprint density at radius 1 is 0.487 bits per heavy atom. The fourth-order valence-electron chi connectivity index (χ4n) is 6.24. The van der Waals surface area contributed by atoms with Crippen LogP contribution in [0.5, 0.6) is 0 Å². The first-order valence-corrected chi connectivity index (χ1v) is 13.0. The van der Waals surface area contributed by atoms with Crippen molar-refractivity contribution in [3.63, 3.8) is 0 Å². The van der Waals surface area contributed by atoms with Crippen LogP contribution in [0.15, 0.2) is 126 Å². The van der Waals surface area contributed by atoms with Gasteiger partial charge in [0, 0.05) is 39.6 Å². The standard InChI is InChI=1S/C34H20N4O/c1-5-13-27-22(9-1)23-10-2-6-14-28(23)37(27)21-19-26-32-34(36-18-17-35-32)39-33(26)31(20-21)38-29-15-7-3-11-24(29)25-12-4-8-16-30(25)38/h1-20H. The maximum absolute atomic E-state index is 6.45. The topological polar surface area (TPSA) is 48.8 Å². The molecule has 0 unspecified atom stereocenters. The molecule has 182 valence electrons. The van der Waals surface area contributed by atoms with E-state index in [-0.39, 0.29) is 0 Å². The molecule has 9 rings (SSSR count). The molecule has 39 heavy (non-hydrogen) atoms. The van der Waals surface area contributed by atoms with Gasteiger partial charge < -0.3 is 13.6 Å². The zero-order chi connectivity index (χ0) is 25.5. The zero-order valence-corrected chi connectivity index (χ0v) is 20.7. The van der Waals surface area contributed by atoms with E-state index in [0.717, 1.165) is 49.9 Å². The Labute approximate surface area is 222 Å². The number of rotatable bonds is 2. The molecular formula is C34H20N4O. The van der Waals surface area contributed by atoms with Crippen molar-refractivity contribution in [3.05, 3.63) is 122 Å². The molecule has 5 nitrogen and oxygen atoms in total. The minimum atomic E-state index is 0.536. The summed E-state index contributed by atoms with van der Waals surface area (Å²) in [7, 11) is 0. The number of fused-ring (bicyclic) bond motifs is 9. The maximum Gasteiger partial charge on any atom is 0.246 e. The van der Waals surface area contributed by atoms with Crippen LogP contribution < -0.4 is 0 Å². The van der Waals surface area contributed by atoms with Gasteiger partial charge in [0.05, 0.1) is 33.1 Å². The van der Waals surface area contributed by atoms with E-state index in [4.69, 9.17) is 4.42 Å². The molecule has 0 spiro atoms. The Hall–Kier alpha value is -5.42. The quantitative estimate of drug-likeness (QED) is 0.239. The highest BCUT2D eigenvalue weighted by Gasteiger charge is 2.21. The van der Waals surface area contributed by atoms with Crippen molar-refractivity contribution < 1.29 is 4.42 Å². The van der Waals surface area contributed by atoms with Crippen LogP contribution in [-0.2, 0) is 0 Å². The lowest BCUT2D eigenvalue weighted by molar-refractivity contribution is 0.650. The first kappa shape index (κ1) is 20.6. The molecule has 0 radical (unpaired) electrons. The molecule has 5 heteroatoms. The molecule has 0 N–H and O–H groups in total. The maximum atomic E-state index is 6.45. The van der Waals surface area contributed by atoms with Crippen molar-refractivity contribution in [1.29, 1.82) is 0 Å². The van der Waals surface area contributed by atoms with Crippen molar-refractivity contribution >= 4 is 65.8 Å². The summed E-state index contributed by atoms with van der Waals surface area (Å²) in [6.07, 6.45) is 3.41. The molecule has 4 aromatic heterocycles. The normalized spacial score (nSPS) is 12.1. The number of benzene rings is 5.